The summed E-state index contributed by atoms with van der Waals surface area (Å²) in [4.78, 5) is 4.28. The molecular weight excluding hydrogens is 256 g/mol. The van der Waals surface area contributed by atoms with Crippen molar-refractivity contribution < 1.29 is 0 Å². The van der Waals surface area contributed by atoms with E-state index >= 15 is 0 Å². The number of aromatic nitrogens is 1. The molecule has 1 aliphatic carbocycles. The maximum Gasteiger partial charge on any atom is 0.0409 e. The number of nitrogens with one attached hydrogen (secondary N) is 1. The Kier molecular flexibility index (Phi) is 3.54. The minimum Gasteiger partial charge on any atom is -0.310 e. The Labute approximate surface area is 118 Å². The molecule has 0 bridgehead atoms. The molecule has 3 heteroatoms. The van der Waals surface area contributed by atoms with Crippen LogP contribution in [0.25, 0.3) is 11.1 Å². The number of benzene rings is 1. The molecule has 19 heavy (non-hydrogen) atoms. The third-order valence-corrected chi connectivity index (χ3v) is 3.65. The molecule has 2 nitrogen and oxygen atoms in total. The van der Waals surface area contributed by atoms with E-state index in [-0.39, 0.29) is 0 Å². The van der Waals surface area contributed by atoms with Crippen molar-refractivity contribution in [3.8, 4) is 11.1 Å². The van der Waals surface area contributed by atoms with Crippen LogP contribution in [-0.4, -0.2) is 11.0 Å². The zero-order valence-corrected chi connectivity index (χ0v) is 11.7. The van der Waals surface area contributed by atoms with Crippen molar-refractivity contribution in [1.82, 2.24) is 10.3 Å². The molecule has 0 amide bonds. The molecule has 1 saturated carbocycles. The summed E-state index contributed by atoms with van der Waals surface area (Å²) in [6, 6.07) is 8.94. The van der Waals surface area contributed by atoms with Crippen LogP contribution in [0.15, 0.2) is 36.7 Å². The molecule has 1 N–H and O–H groups in total. The Hall–Kier alpha value is -1.38. The molecular formula is C16H17ClN2. The highest BCUT2D eigenvalue weighted by atomic mass is 35.5. The highest BCUT2D eigenvalue weighted by molar-refractivity contribution is 6.30. The molecule has 0 unspecified atom stereocenters. The van der Waals surface area contributed by atoms with Gasteiger partial charge in [-0.2, -0.15) is 0 Å². The first kappa shape index (κ1) is 12.6. The summed E-state index contributed by atoms with van der Waals surface area (Å²) in [5.41, 5.74) is 4.79. The van der Waals surface area contributed by atoms with Gasteiger partial charge in [-0.15, -0.1) is 0 Å². The number of hydrogen-bond donors (Lipinski definition) is 1. The number of rotatable bonds is 4. The maximum atomic E-state index is 6.12. The predicted octanol–water partition coefficient (Wildman–Crippen LogP) is 3.96. The first-order chi connectivity index (χ1) is 9.22. The van der Waals surface area contributed by atoms with E-state index in [1.54, 1.807) is 0 Å². The van der Waals surface area contributed by atoms with E-state index in [1.807, 2.05) is 18.5 Å². The minimum atomic E-state index is 0.697. The zero-order valence-electron chi connectivity index (χ0n) is 11.0. The van der Waals surface area contributed by atoms with Gasteiger partial charge in [0.1, 0.15) is 0 Å². The third-order valence-electron chi connectivity index (χ3n) is 3.41. The number of aryl methyl sites for hydroxylation is 1. The van der Waals surface area contributed by atoms with Crippen molar-refractivity contribution in [2.75, 3.05) is 0 Å². The van der Waals surface area contributed by atoms with Gasteiger partial charge in [-0.3, -0.25) is 4.98 Å². The fraction of sp³-hybridized carbons (Fsp3) is 0.312. The molecule has 0 spiro atoms. The minimum absolute atomic E-state index is 0.697. The standard InChI is InChI=1S/C16H17ClN2/c1-11-6-12(9-18-8-11)16-5-2-14(17)7-13(16)10-19-15-3-4-15/h2,5-9,15,19H,3-4,10H2,1H3. The lowest BCUT2D eigenvalue weighted by molar-refractivity contribution is 0.689. The average Bonchev–Trinajstić information content (AvgIpc) is 3.20. The molecule has 1 aromatic carbocycles. The van der Waals surface area contributed by atoms with E-state index in [9.17, 15) is 0 Å². The Morgan fingerprint density at radius 2 is 2.11 bits per heavy atom. The van der Waals surface area contributed by atoms with Crippen molar-refractivity contribution in [2.45, 2.75) is 32.4 Å². The predicted molar refractivity (Wildman–Crippen MR) is 79.3 cm³/mol. The summed E-state index contributed by atoms with van der Waals surface area (Å²) in [7, 11) is 0. The summed E-state index contributed by atoms with van der Waals surface area (Å²) < 4.78 is 0. The van der Waals surface area contributed by atoms with Crippen LogP contribution >= 0.6 is 11.6 Å². The highest BCUT2D eigenvalue weighted by Crippen LogP contribution is 2.28. The van der Waals surface area contributed by atoms with Gasteiger partial charge < -0.3 is 5.32 Å². The quantitative estimate of drug-likeness (QED) is 0.911. The van der Waals surface area contributed by atoms with E-state index < -0.39 is 0 Å². The van der Waals surface area contributed by atoms with E-state index in [2.05, 4.69) is 35.4 Å². The smallest absolute Gasteiger partial charge is 0.0409 e. The Morgan fingerprint density at radius 3 is 2.84 bits per heavy atom. The summed E-state index contributed by atoms with van der Waals surface area (Å²) in [6.45, 7) is 2.93. The molecule has 0 aliphatic heterocycles. The van der Waals surface area contributed by atoms with Gasteiger partial charge in [0, 0.05) is 35.6 Å². The van der Waals surface area contributed by atoms with Crippen LogP contribution < -0.4 is 5.32 Å². The van der Waals surface area contributed by atoms with Crippen LogP contribution in [-0.2, 0) is 6.54 Å². The van der Waals surface area contributed by atoms with Crippen LogP contribution in [0.5, 0.6) is 0 Å². The fourth-order valence-corrected chi connectivity index (χ4v) is 2.43. The number of hydrogen-bond acceptors (Lipinski definition) is 2. The lowest BCUT2D eigenvalue weighted by Gasteiger charge is -2.11. The van der Waals surface area contributed by atoms with Crippen molar-refractivity contribution >= 4 is 11.6 Å². The van der Waals surface area contributed by atoms with Crippen LogP contribution in [0, 0.1) is 6.92 Å². The Bertz CT molecular complexity index is 591. The number of halogens is 1. The van der Waals surface area contributed by atoms with Gasteiger partial charge in [0.2, 0.25) is 0 Å². The lowest BCUT2D eigenvalue weighted by atomic mass is 10.00. The number of nitrogens with zero attached hydrogens (tertiary/aromatic N) is 1. The second kappa shape index (κ2) is 5.32. The summed E-state index contributed by atoms with van der Waals surface area (Å²) in [5, 5.41) is 4.33. The highest BCUT2D eigenvalue weighted by Gasteiger charge is 2.20. The molecule has 0 radical (unpaired) electrons. The van der Waals surface area contributed by atoms with Gasteiger partial charge in [0.25, 0.3) is 0 Å². The van der Waals surface area contributed by atoms with E-state index in [0.29, 0.717) is 6.04 Å². The first-order valence-corrected chi connectivity index (χ1v) is 7.04. The first-order valence-electron chi connectivity index (χ1n) is 6.66. The second-order valence-corrected chi connectivity index (χ2v) is 5.64. The van der Waals surface area contributed by atoms with Crippen LogP contribution in [0.3, 0.4) is 0 Å². The monoisotopic (exact) mass is 272 g/mol. The van der Waals surface area contributed by atoms with Crippen molar-refractivity contribution in [1.29, 1.82) is 0 Å². The van der Waals surface area contributed by atoms with Gasteiger partial charge in [-0.1, -0.05) is 17.7 Å². The van der Waals surface area contributed by atoms with Gasteiger partial charge in [0.05, 0.1) is 0 Å². The van der Waals surface area contributed by atoms with Crippen molar-refractivity contribution in [3.05, 3.63) is 52.8 Å². The molecule has 1 fully saturated rings. The number of pyridine rings is 1. The summed E-state index contributed by atoms with van der Waals surface area (Å²) in [6.07, 6.45) is 6.38. The third kappa shape index (κ3) is 3.14. The van der Waals surface area contributed by atoms with Crippen molar-refractivity contribution in [2.24, 2.45) is 0 Å². The maximum absolute atomic E-state index is 6.12. The molecule has 3 rings (SSSR count). The molecule has 2 aromatic rings. The van der Waals surface area contributed by atoms with Gasteiger partial charge in [-0.05, 0) is 54.7 Å². The summed E-state index contributed by atoms with van der Waals surface area (Å²) in [5.74, 6) is 0. The average molecular weight is 273 g/mol. The molecule has 1 heterocycles. The largest absolute Gasteiger partial charge is 0.310 e. The van der Waals surface area contributed by atoms with Gasteiger partial charge in [0.15, 0.2) is 0 Å². The molecule has 1 aromatic heterocycles. The second-order valence-electron chi connectivity index (χ2n) is 5.21. The van der Waals surface area contributed by atoms with Crippen LogP contribution in [0.1, 0.15) is 24.0 Å². The van der Waals surface area contributed by atoms with Crippen LogP contribution in [0.2, 0.25) is 5.02 Å². The van der Waals surface area contributed by atoms with Gasteiger partial charge in [-0.25, -0.2) is 0 Å². The summed E-state index contributed by atoms with van der Waals surface area (Å²) >= 11 is 6.12. The van der Waals surface area contributed by atoms with Crippen molar-refractivity contribution in [3.63, 3.8) is 0 Å². The Balaban J connectivity index is 1.94. The Morgan fingerprint density at radius 1 is 1.26 bits per heavy atom. The zero-order chi connectivity index (χ0) is 13.2. The van der Waals surface area contributed by atoms with E-state index in [4.69, 9.17) is 11.6 Å². The lowest BCUT2D eigenvalue weighted by Crippen LogP contribution is -2.15. The van der Waals surface area contributed by atoms with Gasteiger partial charge >= 0.3 is 0 Å². The molecule has 1 aliphatic rings. The topological polar surface area (TPSA) is 24.9 Å². The van der Waals surface area contributed by atoms with E-state index in [0.717, 1.165) is 17.1 Å². The normalized spacial score (nSPS) is 14.6. The SMILES string of the molecule is Cc1cncc(-c2ccc(Cl)cc2CNC2CC2)c1. The molecule has 98 valence electrons. The molecule has 0 saturated heterocycles. The van der Waals surface area contributed by atoms with Crippen LogP contribution in [0.4, 0.5) is 0 Å². The molecule has 0 atom stereocenters. The fourth-order valence-electron chi connectivity index (χ4n) is 2.23. The van der Waals surface area contributed by atoms with E-state index in [1.165, 1.54) is 29.5 Å².